The van der Waals surface area contributed by atoms with E-state index in [2.05, 4.69) is 41.4 Å². The Morgan fingerprint density at radius 2 is 2.25 bits per heavy atom. The number of morpholine rings is 1. The molecule has 1 saturated heterocycles. The van der Waals surface area contributed by atoms with E-state index >= 15 is 0 Å². The molecule has 1 aliphatic rings. The first kappa shape index (κ1) is 14.0. The highest BCUT2D eigenvalue weighted by molar-refractivity contribution is 7.19. The third-order valence-electron chi connectivity index (χ3n) is 3.99. The zero-order chi connectivity index (χ0) is 13.9. The van der Waals surface area contributed by atoms with Gasteiger partial charge in [0.25, 0.3) is 0 Å². The van der Waals surface area contributed by atoms with E-state index in [1.54, 1.807) is 0 Å². The normalized spacial score (nSPS) is 20.6. The number of fused-ring (bicyclic) bond motifs is 1. The molecule has 3 nitrogen and oxygen atoms in total. The Hall–Kier alpha value is -0.940. The first-order valence-electron chi connectivity index (χ1n) is 7.25. The van der Waals surface area contributed by atoms with Crippen LogP contribution in [0.3, 0.4) is 0 Å². The molecule has 0 amide bonds. The van der Waals surface area contributed by atoms with Crippen molar-refractivity contribution >= 4 is 21.4 Å². The van der Waals surface area contributed by atoms with Crippen LogP contribution in [0.4, 0.5) is 0 Å². The van der Waals surface area contributed by atoms with Crippen LogP contribution in [0.2, 0.25) is 0 Å². The monoisotopic (exact) mass is 290 g/mol. The highest BCUT2D eigenvalue weighted by Gasteiger charge is 2.21. The predicted molar refractivity (Wildman–Crippen MR) is 85.3 cm³/mol. The van der Waals surface area contributed by atoms with Crippen LogP contribution >= 0.6 is 11.3 Å². The van der Waals surface area contributed by atoms with Crippen molar-refractivity contribution in [3.63, 3.8) is 0 Å². The summed E-state index contributed by atoms with van der Waals surface area (Å²) < 4.78 is 6.94. The first-order valence-corrected chi connectivity index (χ1v) is 8.07. The molecule has 1 aromatic heterocycles. The summed E-state index contributed by atoms with van der Waals surface area (Å²) >= 11 is 1.92. The van der Waals surface area contributed by atoms with E-state index in [0.29, 0.717) is 6.04 Å². The van der Waals surface area contributed by atoms with Crippen molar-refractivity contribution in [2.75, 3.05) is 26.8 Å². The molecule has 1 atom stereocenters. The van der Waals surface area contributed by atoms with Gasteiger partial charge in [-0.25, -0.2) is 0 Å². The number of nitrogens with zero attached hydrogens (tertiary/aromatic N) is 1. The Kier molecular flexibility index (Phi) is 4.36. The Morgan fingerprint density at radius 1 is 1.40 bits per heavy atom. The fourth-order valence-corrected chi connectivity index (χ4v) is 4.05. The van der Waals surface area contributed by atoms with Gasteiger partial charge in [0.15, 0.2) is 0 Å². The minimum atomic E-state index is 0.504. The second-order valence-electron chi connectivity index (χ2n) is 5.42. The summed E-state index contributed by atoms with van der Waals surface area (Å²) in [5.74, 6) is 0. The molecule has 1 aromatic carbocycles. The zero-order valence-electron chi connectivity index (χ0n) is 12.2. The molecular weight excluding hydrogens is 268 g/mol. The quantitative estimate of drug-likeness (QED) is 0.937. The van der Waals surface area contributed by atoms with Gasteiger partial charge in [-0.05, 0) is 31.0 Å². The van der Waals surface area contributed by atoms with Crippen molar-refractivity contribution in [1.29, 1.82) is 0 Å². The highest BCUT2D eigenvalue weighted by Crippen LogP contribution is 2.32. The van der Waals surface area contributed by atoms with Crippen molar-refractivity contribution in [3.05, 3.63) is 34.7 Å². The van der Waals surface area contributed by atoms with E-state index in [-0.39, 0.29) is 0 Å². The first-order chi connectivity index (χ1) is 9.79. The van der Waals surface area contributed by atoms with Crippen molar-refractivity contribution in [2.45, 2.75) is 26.1 Å². The number of hydrogen-bond acceptors (Lipinski definition) is 4. The molecular formula is C16H22N2OS. The predicted octanol–water partition coefficient (Wildman–Crippen LogP) is 2.84. The minimum absolute atomic E-state index is 0.504. The molecule has 4 heteroatoms. The molecule has 0 spiro atoms. The third-order valence-corrected chi connectivity index (χ3v) is 5.20. The average Bonchev–Trinajstić information content (AvgIpc) is 2.80. The molecule has 2 heterocycles. The number of rotatable bonds is 4. The molecule has 0 radical (unpaired) electrons. The standard InChI is InChI=1S/C16H22N2OS/c1-12-11-19-8-7-18(12)10-14-13-5-3-4-6-15(13)20-16(14)9-17-2/h3-6,12,17H,7-11H2,1-2H3. The van der Waals surface area contributed by atoms with Crippen molar-refractivity contribution in [2.24, 2.45) is 0 Å². The van der Waals surface area contributed by atoms with Crippen LogP contribution in [0.1, 0.15) is 17.4 Å². The Labute approximate surface area is 124 Å². The maximum absolute atomic E-state index is 5.54. The molecule has 1 N–H and O–H groups in total. The van der Waals surface area contributed by atoms with Gasteiger partial charge in [-0.3, -0.25) is 4.90 Å². The lowest BCUT2D eigenvalue weighted by atomic mass is 10.1. The number of hydrogen-bond donors (Lipinski definition) is 1. The molecule has 1 fully saturated rings. The van der Waals surface area contributed by atoms with Crippen LogP contribution in [0.25, 0.3) is 10.1 Å². The fraction of sp³-hybridized carbons (Fsp3) is 0.500. The third kappa shape index (κ3) is 2.74. The van der Waals surface area contributed by atoms with E-state index in [0.717, 1.165) is 32.8 Å². The molecule has 1 aliphatic heterocycles. The molecule has 3 rings (SSSR count). The van der Waals surface area contributed by atoms with Gasteiger partial charge in [0, 0.05) is 35.3 Å². The number of ether oxygens (including phenoxy) is 1. The Bertz CT molecular complexity index is 581. The van der Waals surface area contributed by atoms with Gasteiger partial charge in [0.05, 0.1) is 13.2 Å². The summed E-state index contributed by atoms with van der Waals surface area (Å²) in [6.07, 6.45) is 0. The van der Waals surface area contributed by atoms with Crippen LogP contribution in [-0.2, 0) is 17.8 Å². The van der Waals surface area contributed by atoms with E-state index in [4.69, 9.17) is 4.74 Å². The van der Waals surface area contributed by atoms with Gasteiger partial charge in [-0.2, -0.15) is 0 Å². The summed E-state index contributed by atoms with van der Waals surface area (Å²) in [6.45, 7) is 6.98. The second kappa shape index (κ2) is 6.22. The minimum Gasteiger partial charge on any atom is -0.379 e. The largest absolute Gasteiger partial charge is 0.379 e. The molecule has 0 bridgehead atoms. The number of nitrogens with one attached hydrogen (secondary N) is 1. The molecule has 1 unspecified atom stereocenters. The molecule has 2 aromatic rings. The number of benzene rings is 1. The summed E-state index contributed by atoms with van der Waals surface area (Å²) in [4.78, 5) is 4.00. The summed E-state index contributed by atoms with van der Waals surface area (Å²) in [5, 5.41) is 4.72. The maximum Gasteiger partial charge on any atom is 0.0619 e. The van der Waals surface area contributed by atoms with Crippen molar-refractivity contribution < 1.29 is 4.74 Å². The van der Waals surface area contributed by atoms with Crippen molar-refractivity contribution in [3.8, 4) is 0 Å². The zero-order valence-corrected chi connectivity index (χ0v) is 13.0. The molecule has 20 heavy (non-hydrogen) atoms. The molecule has 108 valence electrons. The summed E-state index contributed by atoms with van der Waals surface area (Å²) in [5.41, 5.74) is 1.49. The SMILES string of the molecule is CNCc1sc2ccccc2c1CN1CCOCC1C. The van der Waals surface area contributed by atoms with E-state index in [1.165, 1.54) is 20.5 Å². The van der Waals surface area contributed by atoms with Gasteiger partial charge in [0.2, 0.25) is 0 Å². The van der Waals surface area contributed by atoms with Crippen LogP contribution in [-0.4, -0.2) is 37.7 Å². The van der Waals surface area contributed by atoms with Crippen LogP contribution in [0, 0.1) is 0 Å². The molecule has 0 aliphatic carbocycles. The van der Waals surface area contributed by atoms with E-state index < -0.39 is 0 Å². The lowest BCUT2D eigenvalue weighted by Gasteiger charge is -2.33. The van der Waals surface area contributed by atoms with Crippen LogP contribution < -0.4 is 5.32 Å². The van der Waals surface area contributed by atoms with E-state index in [1.807, 2.05) is 18.4 Å². The number of thiophene rings is 1. The van der Waals surface area contributed by atoms with Crippen molar-refractivity contribution in [1.82, 2.24) is 10.2 Å². The van der Waals surface area contributed by atoms with Crippen LogP contribution in [0.5, 0.6) is 0 Å². The lowest BCUT2D eigenvalue weighted by molar-refractivity contribution is -0.00424. The second-order valence-corrected chi connectivity index (χ2v) is 6.56. The van der Waals surface area contributed by atoms with E-state index in [9.17, 15) is 0 Å². The summed E-state index contributed by atoms with van der Waals surface area (Å²) in [6, 6.07) is 9.26. The fourth-order valence-electron chi connectivity index (χ4n) is 2.83. The topological polar surface area (TPSA) is 24.5 Å². The molecule has 0 saturated carbocycles. The van der Waals surface area contributed by atoms with Gasteiger partial charge in [-0.1, -0.05) is 18.2 Å². The van der Waals surface area contributed by atoms with Gasteiger partial charge in [0.1, 0.15) is 0 Å². The maximum atomic E-state index is 5.54. The van der Waals surface area contributed by atoms with Gasteiger partial charge >= 0.3 is 0 Å². The van der Waals surface area contributed by atoms with Crippen LogP contribution in [0.15, 0.2) is 24.3 Å². The Balaban J connectivity index is 1.93. The Morgan fingerprint density at radius 3 is 3.05 bits per heavy atom. The highest BCUT2D eigenvalue weighted by atomic mass is 32.1. The lowest BCUT2D eigenvalue weighted by Crippen LogP contribution is -2.43. The summed E-state index contributed by atoms with van der Waals surface area (Å²) in [7, 11) is 2.02. The van der Waals surface area contributed by atoms with Gasteiger partial charge < -0.3 is 10.1 Å². The average molecular weight is 290 g/mol. The van der Waals surface area contributed by atoms with Gasteiger partial charge in [-0.15, -0.1) is 11.3 Å². The smallest absolute Gasteiger partial charge is 0.0619 e.